The largest absolute Gasteiger partial charge is 0.364 e. The summed E-state index contributed by atoms with van der Waals surface area (Å²) in [5.74, 6) is 0. The van der Waals surface area contributed by atoms with Crippen LogP contribution in [-0.4, -0.2) is 6.10 Å². The molecular weight excluding hydrogens is 160 g/mol. The zero-order chi connectivity index (χ0) is 9.05. The molecule has 1 aromatic carbocycles. The van der Waals surface area contributed by atoms with Crippen molar-refractivity contribution >= 4 is 0 Å². The second-order valence-corrected chi connectivity index (χ2v) is 4.77. The normalized spacial score (nSPS) is 33.4. The fourth-order valence-electron chi connectivity index (χ4n) is 2.55. The van der Waals surface area contributed by atoms with Gasteiger partial charge in [-0.05, 0) is 23.0 Å². The minimum Gasteiger partial charge on any atom is -0.364 e. The van der Waals surface area contributed by atoms with E-state index in [-0.39, 0.29) is 0 Å². The van der Waals surface area contributed by atoms with Gasteiger partial charge in [-0.1, -0.05) is 38.1 Å². The number of rotatable bonds is 0. The molecule has 0 aromatic heterocycles. The highest BCUT2D eigenvalue weighted by molar-refractivity contribution is 5.41. The van der Waals surface area contributed by atoms with Crippen molar-refractivity contribution in [1.82, 2.24) is 0 Å². The predicted octanol–water partition coefficient (Wildman–Crippen LogP) is 2.81. The Morgan fingerprint density at radius 1 is 1.31 bits per heavy atom. The molecule has 2 aliphatic rings. The van der Waals surface area contributed by atoms with Crippen molar-refractivity contribution in [3.63, 3.8) is 0 Å². The fourth-order valence-corrected chi connectivity index (χ4v) is 2.55. The Balaban J connectivity index is 2.19. The topological polar surface area (TPSA) is 12.5 Å². The third-order valence-corrected chi connectivity index (χ3v) is 3.29. The van der Waals surface area contributed by atoms with E-state index in [1.807, 2.05) is 0 Å². The molecule has 1 aliphatic carbocycles. The molecule has 0 spiro atoms. The number of fused-ring (bicyclic) bond motifs is 3. The van der Waals surface area contributed by atoms with Crippen molar-refractivity contribution in [1.29, 1.82) is 0 Å². The lowest BCUT2D eigenvalue weighted by Gasteiger charge is -2.29. The Hall–Kier alpha value is -0.820. The first-order chi connectivity index (χ1) is 6.18. The minimum absolute atomic E-state index is 0.300. The summed E-state index contributed by atoms with van der Waals surface area (Å²) >= 11 is 0. The summed E-state index contributed by atoms with van der Waals surface area (Å²) in [6.07, 6.45) is 2.10. The third-order valence-electron chi connectivity index (χ3n) is 3.29. The molecule has 0 bridgehead atoms. The molecule has 1 heteroatoms. The van der Waals surface area contributed by atoms with Crippen LogP contribution in [0, 0.1) is 0 Å². The summed E-state index contributed by atoms with van der Waals surface area (Å²) in [6.45, 7) is 4.62. The highest BCUT2D eigenvalue weighted by atomic mass is 16.6. The van der Waals surface area contributed by atoms with Crippen LogP contribution in [-0.2, 0) is 10.2 Å². The highest BCUT2D eigenvalue weighted by Crippen LogP contribution is 2.53. The molecule has 1 fully saturated rings. The second-order valence-electron chi connectivity index (χ2n) is 4.77. The zero-order valence-corrected chi connectivity index (χ0v) is 8.08. The zero-order valence-electron chi connectivity index (χ0n) is 8.08. The van der Waals surface area contributed by atoms with Gasteiger partial charge in [0.1, 0.15) is 6.10 Å². The monoisotopic (exact) mass is 174 g/mol. The second kappa shape index (κ2) is 2.16. The van der Waals surface area contributed by atoms with E-state index in [1.54, 1.807) is 0 Å². The molecule has 1 nitrogen and oxygen atoms in total. The van der Waals surface area contributed by atoms with Crippen molar-refractivity contribution in [2.24, 2.45) is 0 Å². The van der Waals surface area contributed by atoms with Crippen molar-refractivity contribution < 1.29 is 4.74 Å². The maximum Gasteiger partial charge on any atom is 0.109 e. The van der Waals surface area contributed by atoms with Crippen molar-refractivity contribution in [3.05, 3.63) is 35.4 Å². The molecule has 1 aromatic rings. The van der Waals surface area contributed by atoms with Crippen LogP contribution in [0.3, 0.4) is 0 Å². The first kappa shape index (κ1) is 7.57. The highest BCUT2D eigenvalue weighted by Gasteiger charge is 2.49. The van der Waals surface area contributed by atoms with Crippen LogP contribution < -0.4 is 0 Å². The molecule has 3 rings (SSSR count). The molecule has 0 radical (unpaired) electrons. The average Bonchev–Trinajstić information content (AvgIpc) is 2.83. The van der Waals surface area contributed by atoms with Crippen molar-refractivity contribution in [3.8, 4) is 0 Å². The lowest BCUT2D eigenvalue weighted by molar-refractivity contribution is 0.344. The van der Waals surface area contributed by atoms with Crippen molar-refractivity contribution in [2.45, 2.75) is 37.9 Å². The molecule has 0 N–H and O–H groups in total. The molecule has 2 atom stereocenters. The molecule has 0 unspecified atom stereocenters. The number of ether oxygens (including phenoxy) is 1. The molecule has 0 amide bonds. The molecule has 1 aliphatic heterocycles. The van der Waals surface area contributed by atoms with E-state index in [0.29, 0.717) is 17.6 Å². The summed E-state index contributed by atoms with van der Waals surface area (Å²) in [7, 11) is 0. The van der Waals surface area contributed by atoms with E-state index in [9.17, 15) is 0 Å². The quantitative estimate of drug-likeness (QED) is 0.551. The van der Waals surface area contributed by atoms with Crippen molar-refractivity contribution in [2.75, 3.05) is 0 Å². The Kier molecular flexibility index (Phi) is 1.26. The van der Waals surface area contributed by atoms with Gasteiger partial charge in [0.25, 0.3) is 0 Å². The minimum atomic E-state index is 0.300. The summed E-state index contributed by atoms with van der Waals surface area (Å²) < 4.78 is 5.64. The third kappa shape index (κ3) is 0.969. The molecule has 1 heterocycles. The molecule has 1 saturated heterocycles. The molecule has 13 heavy (non-hydrogen) atoms. The van der Waals surface area contributed by atoms with Gasteiger partial charge in [0.15, 0.2) is 0 Å². The maximum atomic E-state index is 5.64. The van der Waals surface area contributed by atoms with Gasteiger partial charge in [0.05, 0.1) is 6.10 Å². The van der Waals surface area contributed by atoms with Gasteiger partial charge < -0.3 is 4.74 Å². The Labute approximate surface area is 78.7 Å². The predicted molar refractivity (Wildman–Crippen MR) is 51.7 cm³/mol. The van der Waals surface area contributed by atoms with E-state index < -0.39 is 0 Å². The van der Waals surface area contributed by atoms with E-state index >= 15 is 0 Å². The molecule has 0 saturated carbocycles. The smallest absolute Gasteiger partial charge is 0.109 e. The van der Waals surface area contributed by atoms with Gasteiger partial charge in [-0.25, -0.2) is 0 Å². The lowest BCUT2D eigenvalue weighted by Crippen LogP contribution is -2.25. The lowest BCUT2D eigenvalue weighted by atomic mass is 9.73. The Morgan fingerprint density at radius 3 is 2.92 bits per heavy atom. The number of benzene rings is 1. The summed E-state index contributed by atoms with van der Waals surface area (Å²) in [5.41, 5.74) is 3.20. The van der Waals surface area contributed by atoms with Crippen LogP contribution in [0.5, 0.6) is 0 Å². The maximum absolute atomic E-state index is 5.64. The van der Waals surface area contributed by atoms with Gasteiger partial charge in [0.2, 0.25) is 0 Å². The van der Waals surface area contributed by atoms with E-state index in [4.69, 9.17) is 4.74 Å². The van der Waals surface area contributed by atoms with E-state index in [1.165, 1.54) is 17.5 Å². The number of epoxide rings is 1. The first-order valence-corrected chi connectivity index (χ1v) is 4.93. The molecule has 68 valence electrons. The van der Waals surface area contributed by atoms with Gasteiger partial charge in [-0.2, -0.15) is 0 Å². The summed E-state index contributed by atoms with van der Waals surface area (Å²) in [5, 5.41) is 0. The van der Waals surface area contributed by atoms with Gasteiger partial charge >= 0.3 is 0 Å². The van der Waals surface area contributed by atoms with Crippen LogP contribution in [0.25, 0.3) is 0 Å². The Morgan fingerprint density at radius 2 is 2.08 bits per heavy atom. The van der Waals surface area contributed by atoms with Gasteiger partial charge in [0, 0.05) is 0 Å². The van der Waals surface area contributed by atoms with Gasteiger partial charge in [-0.3, -0.25) is 0 Å². The van der Waals surface area contributed by atoms with Crippen LogP contribution >= 0.6 is 0 Å². The average molecular weight is 174 g/mol. The van der Waals surface area contributed by atoms with Crippen LogP contribution in [0.15, 0.2) is 24.3 Å². The van der Waals surface area contributed by atoms with E-state index in [2.05, 4.69) is 38.1 Å². The molecular formula is C12H14O. The van der Waals surface area contributed by atoms with E-state index in [0.717, 1.165) is 0 Å². The fraction of sp³-hybridized carbons (Fsp3) is 0.500. The summed E-state index contributed by atoms with van der Waals surface area (Å²) in [4.78, 5) is 0. The van der Waals surface area contributed by atoms with Crippen LogP contribution in [0.4, 0.5) is 0 Å². The first-order valence-electron chi connectivity index (χ1n) is 4.93. The van der Waals surface area contributed by atoms with Crippen LogP contribution in [0.2, 0.25) is 0 Å². The van der Waals surface area contributed by atoms with Crippen LogP contribution in [0.1, 0.15) is 37.5 Å². The standard InChI is InChI=1S/C12H14O/c1-12(2)7-10-11(13-10)8-5-3-4-6-9(8)12/h3-6,10-11H,7H2,1-2H3/t10-,11+/m1/s1. The SMILES string of the molecule is CC1(C)C[C@H]2O[C@H]2c2ccccc21. The van der Waals surface area contributed by atoms with Gasteiger partial charge in [-0.15, -0.1) is 0 Å². The number of hydrogen-bond acceptors (Lipinski definition) is 1. The number of hydrogen-bond donors (Lipinski definition) is 0. The summed E-state index contributed by atoms with van der Waals surface area (Å²) in [6, 6.07) is 8.69. The Bertz CT molecular complexity index is 354.